The maximum absolute atomic E-state index is 13.3. The van der Waals surface area contributed by atoms with Gasteiger partial charge in [0.05, 0.1) is 32.0 Å². The van der Waals surface area contributed by atoms with Crippen LogP contribution in [0.5, 0.6) is 11.5 Å². The van der Waals surface area contributed by atoms with Gasteiger partial charge in [0.25, 0.3) is 5.56 Å². The molecule has 2 aromatic heterocycles. The van der Waals surface area contributed by atoms with Crippen LogP contribution in [0, 0.1) is 0 Å². The van der Waals surface area contributed by atoms with Crippen molar-refractivity contribution in [2.75, 3.05) is 19.5 Å². The lowest BCUT2D eigenvalue weighted by Crippen LogP contribution is -2.42. The highest BCUT2D eigenvalue weighted by atomic mass is 16.5. The number of nitrogens with zero attached hydrogens (tertiary/aromatic N) is 3. The summed E-state index contributed by atoms with van der Waals surface area (Å²) in [7, 11) is 3.00. The van der Waals surface area contributed by atoms with Gasteiger partial charge < -0.3 is 14.8 Å². The number of hydrogen-bond acceptors (Lipinski definition) is 6. The average molecular weight is 446 g/mol. The number of pyridine rings is 1. The Morgan fingerprint density at radius 1 is 0.970 bits per heavy atom. The highest BCUT2D eigenvalue weighted by Crippen LogP contribution is 2.28. The van der Waals surface area contributed by atoms with Gasteiger partial charge in [-0.1, -0.05) is 30.3 Å². The van der Waals surface area contributed by atoms with E-state index >= 15 is 0 Å². The van der Waals surface area contributed by atoms with Gasteiger partial charge in [-0.2, -0.15) is 0 Å². The van der Waals surface area contributed by atoms with Crippen LogP contribution in [-0.4, -0.2) is 34.2 Å². The summed E-state index contributed by atoms with van der Waals surface area (Å²) in [6.07, 6.45) is 1.48. The predicted molar refractivity (Wildman–Crippen MR) is 124 cm³/mol. The Bertz CT molecular complexity index is 1430. The Kier molecular flexibility index (Phi) is 6.21. The fourth-order valence-electron chi connectivity index (χ4n) is 3.55. The molecular weight excluding hydrogens is 424 g/mol. The topological polar surface area (TPSA) is 104 Å². The smallest absolute Gasteiger partial charge is 0.332 e. The number of methoxy groups -OCH3 is 2. The number of benzene rings is 2. The average Bonchev–Trinajstić information content (AvgIpc) is 2.85. The number of aromatic nitrogens is 3. The molecule has 168 valence electrons. The lowest BCUT2D eigenvalue weighted by Gasteiger charge is -2.15. The summed E-state index contributed by atoms with van der Waals surface area (Å²) >= 11 is 0. The van der Waals surface area contributed by atoms with Crippen molar-refractivity contribution in [3.63, 3.8) is 0 Å². The van der Waals surface area contributed by atoms with Crippen molar-refractivity contribution in [1.29, 1.82) is 0 Å². The van der Waals surface area contributed by atoms with Crippen LogP contribution in [0.2, 0.25) is 0 Å². The zero-order chi connectivity index (χ0) is 23.4. The van der Waals surface area contributed by atoms with Crippen LogP contribution in [-0.2, 0) is 17.9 Å². The van der Waals surface area contributed by atoms with Gasteiger partial charge in [-0.05, 0) is 29.8 Å². The van der Waals surface area contributed by atoms with Gasteiger partial charge in [0.15, 0.2) is 5.52 Å². The van der Waals surface area contributed by atoms with Crippen molar-refractivity contribution in [3.05, 3.63) is 93.3 Å². The van der Waals surface area contributed by atoms with Gasteiger partial charge in [0.1, 0.15) is 18.0 Å². The highest BCUT2D eigenvalue weighted by Gasteiger charge is 2.17. The summed E-state index contributed by atoms with van der Waals surface area (Å²) in [5, 5.41) is 2.75. The maximum atomic E-state index is 13.3. The van der Waals surface area contributed by atoms with Gasteiger partial charge in [-0.15, -0.1) is 0 Å². The Hall–Kier alpha value is -4.40. The van der Waals surface area contributed by atoms with Crippen LogP contribution in [0.4, 0.5) is 5.69 Å². The van der Waals surface area contributed by atoms with E-state index in [0.717, 1.165) is 10.1 Å². The molecule has 0 aliphatic carbocycles. The molecule has 9 nitrogen and oxygen atoms in total. The van der Waals surface area contributed by atoms with Gasteiger partial charge in [-0.25, -0.2) is 9.78 Å². The van der Waals surface area contributed by atoms with Crippen LogP contribution >= 0.6 is 0 Å². The Morgan fingerprint density at radius 3 is 2.48 bits per heavy atom. The predicted octanol–water partition coefficient (Wildman–Crippen LogP) is 2.26. The van der Waals surface area contributed by atoms with E-state index in [0.29, 0.717) is 17.2 Å². The summed E-state index contributed by atoms with van der Waals surface area (Å²) in [5.41, 5.74) is 0.464. The highest BCUT2D eigenvalue weighted by molar-refractivity contribution is 5.93. The molecule has 33 heavy (non-hydrogen) atoms. The van der Waals surface area contributed by atoms with Gasteiger partial charge in [0, 0.05) is 12.3 Å². The third-order valence-electron chi connectivity index (χ3n) is 5.15. The molecule has 0 aliphatic heterocycles. The quantitative estimate of drug-likeness (QED) is 0.467. The van der Waals surface area contributed by atoms with Crippen molar-refractivity contribution < 1.29 is 14.3 Å². The molecule has 0 aliphatic rings. The second kappa shape index (κ2) is 9.39. The summed E-state index contributed by atoms with van der Waals surface area (Å²) in [4.78, 5) is 43.4. The molecule has 9 heteroatoms. The fraction of sp³-hybridized carbons (Fsp3) is 0.167. The number of rotatable bonds is 7. The minimum atomic E-state index is -0.600. The van der Waals surface area contributed by atoms with Crippen molar-refractivity contribution in [1.82, 2.24) is 14.1 Å². The van der Waals surface area contributed by atoms with Crippen LogP contribution < -0.4 is 26.0 Å². The van der Waals surface area contributed by atoms with Gasteiger partial charge >= 0.3 is 5.69 Å². The second-order valence-electron chi connectivity index (χ2n) is 7.23. The fourth-order valence-corrected chi connectivity index (χ4v) is 3.55. The third kappa shape index (κ3) is 4.47. The molecule has 1 N–H and O–H groups in total. The summed E-state index contributed by atoms with van der Waals surface area (Å²) < 4.78 is 12.8. The minimum Gasteiger partial charge on any atom is -0.497 e. The minimum absolute atomic E-state index is 0.0658. The SMILES string of the molecule is COc1ccc(OC)c(NC(=O)Cn2c(=O)n(Cc3ccccc3)c(=O)c3ncccc32)c1. The Morgan fingerprint density at radius 2 is 1.76 bits per heavy atom. The zero-order valence-electron chi connectivity index (χ0n) is 18.1. The normalized spacial score (nSPS) is 10.7. The van der Waals surface area contributed by atoms with E-state index in [2.05, 4.69) is 10.3 Å². The lowest BCUT2D eigenvalue weighted by atomic mass is 10.2. The van der Waals surface area contributed by atoms with Crippen molar-refractivity contribution in [2.24, 2.45) is 0 Å². The first-order chi connectivity index (χ1) is 16.0. The molecule has 0 radical (unpaired) electrons. The molecule has 4 rings (SSSR count). The zero-order valence-corrected chi connectivity index (χ0v) is 18.1. The number of carbonyl (C=O) groups is 1. The van der Waals surface area contributed by atoms with E-state index < -0.39 is 17.2 Å². The summed E-state index contributed by atoms with van der Waals surface area (Å²) in [6, 6.07) is 17.3. The first kappa shape index (κ1) is 21.8. The first-order valence-electron chi connectivity index (χ1n) is 10.2. The van der Waals surface area contributed by atoms with Crippen LogP contribution in [0.25, 0.3) is 11.0 Å². The molecule has 0 spiro atoms. The second-order valence-corrected chi connectivity index (χ2v) is 7.23. The molecular formula is C24H22N4O5. The number of ether oxygens (including phenoxy) is 2. The molecule has 1 amide bonds. The molecule has 0 fully saturated rings. The third-order valence-corrected chi connectivity index (χ3v) is 5.15. The Labute approximate surface area is 188 Å². The van der Waals surface area contributed by atoms with Crippen LogP contribution in [0.15, 0.2) is 76.4 Å². The lowest BCUT2D eigenvalue weighted by molar-refractivity contribution is -0.116. The molecule has 0 bridgehead atoms. The molecule has 2 aromatic carbocycles. The standard InChI is InChI=1S/C24H22N4O5/c1-32-17-10-11-20(33-2)18(13-17)26-21(29)15-27-19-9-6-12-25-22(19)23(30)28(24(27)31)14-16-7-4-3-5-8-16/h3-13H,14-15H2,1-2H3,(H,26,29). The molecule has 0 saturated heterocycles. The number of hydrogen-bond donors (Lipinski definition) is 1. The number of fused-ring (bicyclic) bond motifs is 1. The van der Waals surface area contributed by atoms with Crippen LogP contribution in [0.1, 0.15) is 5.56 Å². The number of anilines is 1. The van der Waals surface area contributed by atoms with Crippen molar-refractivity contribution in [3.8, 4) is 11.5 Å². The van der Waals surface area contributed by atoms with E-state index in [1.54, 1.807) is 30.3 Å². The number of carbonyl (C=O) groups excluding carboxylic acids is 1. The monoisotopic (exact) mass is 446 g/mol. The van der Waals surface area contributed by atoms with Crippen LogP contribution in [0.3, 0.4) is 0 Å². The van der Waals surface area contributed by atoms with Gasteiger partial charge in [0.2, 0.25) is 5.91 Å². The molecule has 2 heterocycles. The molecule has 0 atom stereocenters. The van der Waals surface area contributed by atoms with E-state index in [9.17, 15) is 14.4 Å². The van der Waals surface area contributed by atoms with E-state index in [-0.39, 0.29) is 24.1 Å². The summed E-state index contributed by atoms with van der Waals surface area (Å²) in [5.74, 6) is 0.505. The van der Waals surface area contributed by atoms with E-state index in [1.807, 2.05) is 30.3 Å². The molecule has 0 saturated carbocycles. The molecule has 0 unspecified atom stereocenters. The van der Waals surface area contributed by atoms with Crippen molar-refractivity contribution in [2.45, 2.75) is 13.1 Å². The number of amides is 1. The largest absolute Gasteiger partial charge is 0.497 e. The van der Waals surface area contributed by atoms with E-state index in [1.165, 1.54) is 25.0 Å². The molecule has 4 aromatic rings. The van der Waals surface area contributed by atoms with E-state index in [4.69, 9.17) is 9.47 Å². The van der Waals surface area contributed by atoms with Crippen molar-refractivity contribution >= 4 is 22.6 Å². The maximum Gasteiger partial charge on any atom is 0.332 e. The summed E-state index contributed by atoms with van der Waals surface area (Å²) in [6.45, 7) is -0.257. The van der Waals surface area contributed by atoms with Gasteiger partial charge in [-0.3, -0.25) is 18.7 Å². The Balaban J connectivity index is 1.74. The first-order valence-corrected chi connectivity index (χ1v) is 10.2. The number of nitrogens with one attached hydrogen (secondary N) is 1.